The van der Waals surface area contributed by atoms with E-state index >= 15 is 0 Å². The van der Waals surface area contributed by atoms with Crippen LogP contribution in [0.5, 0.6) is 0 Å². The van der Waals surface area contributed by atoms with E-state index in [-0.39, 0.29) is 0 Å². The lowest BCUT2D eigenvalue weighted by Gasteiger charge is -2.13. The molecular formula is C120H112N4+4. The maximum absolute atomic E-state index is 2.38. The Balaban J connectivity index is 0.000000101. The van der Waals surface area contributed by atoms with Gasteiger partial charge in [-0.05, 0) is 372 Å². The first-order chi connectivity index (χ1) is 59.7. The molecule has 24 rings (SSSR count). The number of hydrogen-bond donors (Lipinski definition) is 0. The fourth-order valence-electron chi connectivity index (χ4n) is 23.6. The van der Waals surface area contributed by atoms with Crippen molar-refractivity contribution in [1.82, 2.24) is 0 Å². The fourth-order valence-corrected chi connectivity index (χ4v) is 23.6. The molecule has 0 saturated carbocycles. The Morgan fingerprint density at radius 3 is 0.879 bits per heavy atom. The van der Waals surface area contributed by atoms with Crippen LogP contribution in [-0.4, -0.2) is 0 Å². The van der Waals surface area contributed by atoms with Crippen LogP contribution < -0.4 is 18.3 Å². The number of rotatable bonds is 4. The standard InChI is InChI=1S/4C30H28N/c1-17-6-8-23-22(13-17)16-27-24(23)9-7-21-15-28-25(29(21)27)10-11-31(5)30(28)26-14-18(2)12-19(3)20(26)4;1-17-6-7-21-15-27-23(26(21)13-17)9-8-22-16-28-24(29(22)27)10-11-31(5)30(28)25-14-18(2)12-19(3)20(25)4;1-17-13-19(3)20(4)26(14-17)30-28-15-21-9-10-23-22-8-6-7-18(2)25(22)16-27(23)29(21)24(28)11-12-31(30)5;1-17-13-19(3)20(4)25(14-17)30-27-16-22-9-10-23-26(29(22)24(27)11-12-31(30)5)15-21-8-6-7-18(2)28(21)23/h4*6-14H,15-16H2,1-5H3/q4*+1. The minimum Gasteiger partial charge on any atom is -0.201 e. The summed E-state index contributed by atoms with van der Waals surface area (Å²) in [7, 11) is 8.77. The molecule has 0 unspecified atom stereocenters. The van der Waals surface area contributed by atoms with Crippen molar-refractivity contribution in [2.24, 2.45) is 28.2 Å². The van der Waals surface area contributed by atoms with Crippen LogP contribution in [0.25, 0.3) is 134 Å². The van der Waals surface area contributed by atoms with Gasteiger partial charge in [0.05, 0.1) is 0 Å². The van der Waals surface area contributed by atoms with Gasteiger partial charge in [-0.25, -0.2) is 18.3 Å². The summed E-state index contributed by atoms with van der Waals surface area (Å²) in [5.41, 5.74) is 79.9. The van der Waals surface area contributed by atoms with Crippen molar-refractivity contribution in [3.8, 4) is 134 Å². The minimum absolute atomic E-state index is 1.02. The summed E-state index contributed by atoms with van der Waals surface area (Å²) in [6.45, 7) is 35.7. The van der Waals surface area contributed by atoms with Crippen LogP contribution in [0.3, 0.4) is 0 Å². The van der Waals surface area contributed by atoms with Crippen molar-refractivity contribution in [3.63, 3.8) is 0 Å². The number of pyridine rings is 4. The average Bonchev–Trinajstić information content (AvgIpc) is 1.58. The average molecular weight is 1610 g/mol. The molecule has 0 spiro atoms. The van der Waals surface area contributed by atoms with Gasteiger partial charge >= 0.3 is 0 Å². The molecule has 0 radical (unpaired) electrons. The van der Waals surface area contributed by atoms with Crippen molar-refractivity contribution in [2.75, 3.05) is 0 Å². The summed E-state index contributed by atoms with van der Waals surface area (Å²) in [5, 5.41) is 0. The molecule has 0 atom stereocenters. The lowest BCUT2D eigenvalue weighted by molar-refractivity contribution is -0.660. The topological polar surface area (TPSA) is 15.5 Å². The molecule has 12 aromatic carbocycles. The Labute approximate surface area is 734 Å². The molecule has 8 aliphatic rings. The Bertz CT molecular complexity index is 7440. The Morgan fingerprint density at radius 1 is 0.169 bits per heavy atom. The third kappa shape index (κ3) is 12.4. The predicted octanol–water partition coefficient (Wildman–Crippen LogP) is 26.2. The van der Waals surface area contributed by atoms with Gasteiger partial charge in [0, 0.05) is 94.5 Å². The summed E-state index contributed by atoms with van der Waals surface area (Å²) in [6, 6.07) is 74.4. The third-order valence-corrected chi connectivity index (χ3v) is 30.0. The Hall–Kier alpha value is -12.8. The fraction of sp³-hybridized carbons (Fsp3) is 0.233. The molecule has 4 heterocycles. The normalized spacial score (nSPS) is 13.1. The minimum atomic E-state index is 1.02. The maximum atomic E-state index is 2.38. The lowest BCUT2D eigenvalue weighted by atomic mass is 9.92. The molecule has 608 valence electrons. The molecule has 0 saturated heterocycles. The van der Waals surface area contributed by atoms with Crippen LogP contribution in [0, 0.1) is 111 Å². The summed E-state index contributed by atoms with van der Waals surface area (Å²) < 4.78 is 9.30. The van der Waals surface area contributed by atoms with Gasteiger partial charge in [0.25, 0.3) is 0 Å². The van der Waals surface area contributed by atoms with Crippen LogP contribution in [0.4, 0.5) is 0 Å². The summed E-state index contributed by atoms with van der Waals surface area (Å²) in [5.74, 6) is 0. The lowest BCUT2D eigenvalue weighted by Crippen LogP contribution is -2.32. The third-order valence-electron chi connectivity index (χ3n) is 30.0. The van der Waals surface area contributed by atoms with Gasteiger partial charge in [-0.15, -0.1) is 0 Å². The number of fused-ring (bicyclic) bond motifs is 28. The number of hydrogen-bond acceptors (Lipinski definition) is 0. The summed E-state index contributed by atoms with van der Waals surface area (Å²) in [6.07, 6.45) is 17.3. The van der Waals surface area contributed by atoms with Crippen LogP contribution in [0.1, 0.15) is 178 Å². The van der Waals surface area contributed by atoms with E-state index in [1.54, 1.807) is 0 Å². The molecule has 0 aliphatic heterocycles. The summed E-state index contributed by atoms with van der Waals surface area (Å²) in [4.78, 5) is 0. The van der Waals surface area contributed by atoms with Gasteiger partial charge in [0.1, 0.15) is 28.2 Å². The molecule has 4 nitrogen and oxygen atoms in total. The van der Waals surface area contributed by atoms with Crippen molar-refractivity contribution >= 4 is 0 Å². The highest BCUT2D eigenvalue weighted by Crippen LogP contribution is 2.56. The first kappa shape index (κ1) is 78.5. The van der Waals surface area contributed by atoms with E-state index < -0.39 is 0 Å². The Morgan fingerprint density at radius 2 is 0.452 bits per heavy atom. The second-order valence-corrected chi connectivity index (χ2v) is 38.1. The molecule has 124 heavy (non-hydrogen) atoms. The second kappa shape index (κ2) is 29.5. The van der Waals surface area contributed by atoms with Gasteiger partial charge in [-0.1, -0.05) is 179 Å². The zero-order valence-corrected chi connectivity index (χ0v) is 76.2. The molecular weight excluding hydrogens is 1500 g/mol. The van der Waals surface area contributed by atoms with Crippen LogP contribution in [0.2, 0.25) is 0 Å². The Kier molecular flexibility index (Phi) is 18.7. The second-order valence-electron chi connectivity index (χ2n) is 38.1. The first-order valence-corrected chi connectivity index (χ1v) is 45.1. The first-order valence-electron chi connectivity index (χ1n) is 45.1. The van der Waals surface area contributed by atoms with E-state index in [4.69, 9.17) is 0 Å². The molecule has 4 aromatic heterocycles. The van der Waals surface area contributed by atoms with Crippen molar-refractivity contribution in [2.45, 2.75) is 162 Å². The van der Waals surface area contributed by atoms with E-state index in [1.165, 1.54) is 312 Å². The number of aryl methyl sites for hydroxylation is 16. The molecule has 0 amide bonds. The predicted molar refractivity (Wildman–Crippen MR) is 514 cm³/mol. The number of nitrogens with zero attached hydrogens (tertiary/aromatic N) is 4. The molecule has 8 aliphatic carbocycles. The number of aromatic nitrogens is 4. The highest BCUT2D eigenvalue weighted by Gasteiger charge is 2.40. The molecule has 16 aromatic rings. The zero-order chi connectivity index (χ0) is 85.8. The largest absolute Gasteiger partial charge is 0.216 e. The van der Waals surface area contributed by atoms with E-state index in [9.17, 15) is 0 Å². The highest BCUT2D eigenvalue weighted by atomic mass is 14.9. The van der Waals surface area contributed by atoms with Crippen LogP contribution in [0.15, 0.2) is 219 Å². The van der Waals surface area contributed by atoms with E-state index in [0.29, 0.717) is 0 Å². The summed E-state index contributed by atoms with van der Waals surface area (Å²) >= 11 is 0. The van der Waals surface area contributed by atoms with Crippen molar-refractivity contribution < 1.29 is 18.3 Å². The number of benzene rings is 12. The smallest absolute Gasteiger partial charge is 0.201 e. The van der Waals surface area contributed by atoms with Crippen molar-refractivity contribution in [3.05, 3.63) is 397 Å². The highest BCUT2D eigenvalue weighted by molar-refractivity contribution is 5.97. The quantitative estimate of drug-likeness (QED) is 0.156. The monoisotopic (exact) mass is 1610 g/mol. The van der Waals surface area contributed by atoms with Gasteiger partial charge in [0.15, 0.2) is 24.8 Å². The molecule has 0 N–H and O–H groups in total. The van der Waals surface area contributed by atoms with E-state index in [1.807, 2.05) is 0 Å². The van der Waals surface area contributed by atoms with Gasteiger partial charge in [-0.3, -0.25) is 0 Å². The molecule has 0 bridgehead atoms. The SMILES string of the molecule is Cc1cc(C)c(C)c(-c2c3c(cc[n+]2C)-c2c(ccc4c2Cc2c(C)cccc2-4)C3)c1.Cc1cc(C)c(C)c(-c2c3c(cc[n+]2C)-c2c(ccc4c2Cc2cccc(C)c2-4)C3)c1.Cc1ccc2c(c1)-c1ccc3c(c1C2)-c1cc[n+](C)c(-c2cc(C)cc(C)c2C)c1C3.Cc1ccc2c(c1)Cc1c-2ccc2c1-c1cc[n+](C)c(-c3cc(C)cc(C)c3C)c1C2. The molecule has 0 fully saturated rings. The van der Waals surface area contributed by atoms with Crippen LogP contribution in [-0.2, 0) is 79.6 Å². The van der Waals surface area contributed by atoms with Gasteiger partial charge < -0.3 is 0 Å². The van der Waals surface area contributed by atoms with Gasteiger partial charge in [0.2, 0.25) is 22.8 Å². The van der Waals surface area contributed by atoms with Crippen molar-refractivity contribution in [1.29, 1.82) is 0 Å². The van der Waals surface area contributed by atoms with E-state index in [0.717, 1.165) is 51.4 Å². The molecule has 4 heteroatoms. The van der Waals surface area contributed by atoms with E-state index in [2.05, 4.69) is 376 Å². The van der Waals surface area contributed by atoms with Crippen LogP contribution >= 0.6 is 0 Å². The maximum Gasteiger partial charge on any atom is 0.216 e. The van der Waals surface area contributed by atoms with Gasteiger partial charge in [-0.2, -0.15) is 0 Å². The zero-order valence-electron chi connectivity index (χ0n) is 76.2.